The molecule has 0 aromatic heterocycles. The number of aldehydes is 1. The lowest BCUT2D eigenvalue weighted by molar-refractivity contribution is -0.104. The zero-order valence-corrected chi connectivity index (χ0v) is 12.6. The van der Waals surface area contributed by atoms with Crippen molar-refractivity contribution in [3.63, 3.8) is 0 Å². The number of allylic oxidation sites excluding steroid dienone is 2. The molecule has 0 unspecified atom stereocenters. The van der Waals surface area contributed by atoms with E-state index >= 15 is 0 Å². The monoisotopic (exact) mass is 242 g/mol. The number of carbonyl (C=O) groups excluding carboxylic acids is 1. The van der Waals surface area contributed by atoms with Crippen molar-refractivity contribution in [2.75, 3.05) is 6.61 Å². The average Bonchev–Trinajstić information content (AvgIpc) is 2.11. The second-order valence-corrected chi connectivity index (χ2v) is 10.7. The van der Waals surface area contributed by atoms with Gasteiger partial charge in [0.2, 0.25) is 0 Å². The van der Waals surface area contributed by atoms with Crippen LogP contribution in [0.15, 0.2) is 11.6 Å². The Morgan fingerprint density at radius 2 is 1.88 bits per heavy atom. The third kappa shape index (κ3) is 5.61. The topological polar surface area (TPSA) is 26.3 Å². The van der Waals surface area contributed by atoms with E-state index in [1.165, 1.54) is 0 Å². The van der Waals surface area contributed by atoms with Crippen molar-refractivity contribution in [1.29, 1.82) is 0 Å². The lowest BCUT2D eigenvalue weighted by Gasteiger charge is -2.36. The van der Waals surface area contributed by atoms with Gasteiger partial charge in [-0.25, -0.2) is 0 Å². The molecule has 0 aromatic carbocycles. The Hall–Kier alpha value is -0.413. The first kappa shape index (κ1) is 15.6. The first-order valence-corrected chi connectivity index (χ1v) is 8.86. The predicted molar refractivity (Wildman–Crippen MR) is 72.2 cm³/mol. The molecule has 0 atom stereocenters. The number of rotatable bonds is 6. The van der Waals surface area contributed by atoms with Crippen molar-refractivity contribution in [1.82, 2.24) is 0 Å². The summed E-state index contributed by atoms with van der Waals surface area (Å²) in [4.78, 5) is 10.2. The second kappa shape index (κ2) is 6.35. The summed E-state index contributed by atoms with van der Waals surface area (Å²) in [5, 5.41) is 0.278. The Morgan fingerprint density at radius 1 is 1.31 bits per heavy atom. The van der Waals surface area contributed by atoms with Gasteiger partial charge in [-0.2, -0.15) is 0 Å². The molecule has 0 fully saturated rings. The second-order valence-electron chi connectivity index (χ2n) is 5.86. The fraction of sp³-hybridized carbons (Fsp3) is 0.769. The highest BCUT2D eigenvalue weighted by molar-refractivity contribution is 6.74. The van der Waals surface area contributed by atoms with Crippen LogP contribution in [0.1, 0.15) is 40.5 Å². The summed E-state index contributed by atoms with van der Waals surface area (Å²) >= 11 is 0. The van der Waals surface area contributed by atoms with Gasteiger partial charge in [-0.1, -0.05) is 26.3 Å². The van der Waals surface area contributed by atoms with Crippen LogP contribution in [0.4, 0.5) is 0 Å². The summed E-state index contributed by atoms with van der Waals surface area (Å²) < 4.78 is 6.05. The molecule has 0 bridgehead atoms. The van der Waals surface area contributed by atoms with Crippen LogP contribution >= 0.6 is 0 Å². The van der Waals surface area contributed by atoms with E-state index < -0.39 is 8.32 Å². The highest BCUT2D eigenvalue weighted by Gasteiger charge is 2.36. The summed E-state index contributed by atoms with van der Waals surface area (Å²) in [6, 6.07) is 0. The molecule has 0 amide bonds. The number of carbonyl (C=O) groups is 1. The van der Waals surface area contributed by atoms with Crippen molar-refractivity contribution in [2.45, 2.75) is 58.7 Å². The predicted octanol–water partition coefficient (Wildman–Crippen LogP) is 3.93. The first-order chi connectivity index (χ1) is 7.20. The maximum atomic E-state index is 10.2. The maximum absolute atomic E-state index is 10.2. The van der Waals surface area contributed by atoms with Crippen molar-refractivity contribution < 1.29 is 9.22 Å². The van der Waals surface area contributed by atoms with Gasteiger partial charge in [0.1, 0.15) is 6.29 Å². The molecule has 3 heteroatoms. The highest BCUT2D eigenvalue weighted by atomic mass is 28.4. The minimum absolute atomic E-state index is 0.278. The van der Waals surface area contributed by atoms with Crippen LogP contribution < -0.4 is 0 Å². The van der Waals surface area contributed by atoms with E-state index in [1.54, 1.807) is 6.08 Å². The van der Waals surface area contributed by atoms with Crippen LogP contribution in [-0.4, -0.2) is 21.2 Å². The summed E-state index contributed by atoms with van der Waals surface area (Å²) in [6.07, 6.45) is 4.44. The Morgan fingerprint density at radius 3 is 2.31 bits per heavy atom. The van der Waals surface area contributed by atoms with Crippen LogP contribution in [0.3, 0.4) is 0 Å². The quantitative estimate of drug-likeness (QED) is 0.305. The molecular weight excluding hydrogens is 216 g/mol. The van der Waals surface area contributed by atoms with Gasteiger partial charge >= 0.3 is 0 Å². The molecule has 0 aliphatic rings. The van der Waals surface area contributed by atoms with E-state index in [0.29, 0.717) is 0 Å². The van der Waals surface area contributed by atoms with Crippen LogP contribution in [0.5, 0.6) is 0 Å². The molecule has 0 N–H and O–H groups in total. The van der Waals surface area contributed by atoms with Crippen molar-refractivity contribution in [3.05, 3.63) is 11.6 Å². The fourth-order valence-corrected chi connectivity index (χ4v) is 2.18. The zero-order valence-electron chi connectivity index (χ0n) is 11.6. The van der Waals surface area contributed by atoms with Gasteiger partial charge in [0.25, 0.3) is 0 Å². The van der Waals surface area contributed by atoms with Gasteiger partial charge in [0.15, 0.2) is 8.32 Å². The maximum Gasteiger partial charge on any atom is 0.191 e. The molecular formula is C13H26O2Si. The van der Waals surface area contributed by atoms with Gasteiger partial charge in [0, 0.05) is 6.61 Å². The van der Waals surface area contributed by atoms with Crippen LogP contribution in [0, 0.1) is 0 Å². The normalized spacial score (nSPS) is 14.0. The van der Waals surface area contributed by atoms with Crippen molar-refractivity contribution >= 4 is 14.6 Å². The lowest BCUT2D eigenvalue weighted by atomic mass is 10.2. The van der Waals surface area contributed by atoms with Gasteiger partial charge in [-0.15, -0.1) is 0 Å². The first-order valence-electron chi connectivity index (χ1n) is 5.95. The molecule has 0 aliphatic heterocycles. The van der Waals surface area contributed by atoms with E-state index in [2.05, 4.69) is 33.9 Å². The zero-order chi connectivity index (χ0) is 12.8. The smallest absolute Gasteiger partial charge is 0.191 e. The molecule has 0 saturated carbocycles. The third-order valence-corrected chi connectivity index (χ3v) is 7.88. The van der Waals surface area contributed by atoms with E-state index in [0.717, 1.165) is 31.3 Å². The number of hydrogen-bond donors (Lipinski definition) is 0. The summed E-state index contributed by atoms with van der Waals surface area (Å²) in [5.41, 5.74) is 1.13. The molecule has 0 heterocycles. The Balaban J connectivity index is 3.91. The lowest BCUT2D eigenvalue weighted by Crippen LogP contribution is -2.40. The van der Waals surface area contributed by atoms with Crippen LogP contribution in [0.2, 0.25) is 18.1 Å². The molecule has 0 rings (SSSR count). The van der Waals surface area contributed by atoms with E-state index in [1.807, 2.05) is 6.92 Å². The van der Waals surface area contributed by atoms with E-state index in [-0.39, 0.29) is 5.04 Å². The third-order valence-electron chi connectivity index (χ3n) is 3.34. The minimum atomic E-state index is -1.58. The van der Waals surface area contributed by atoms with Gasteiger partial charge in [-0.3, -0.25) is 4.79 Å². The summed E-state index contributed by atoms with van der Waals surface area (Å²) in [5.74, 6) is 0. The number of hydrogen-bond acceptors (Lipinski definition) is 2. The van der Waals surface area contributed by atoms with Crippen LogP contribution in [0.25, 0.3) is 0 Å². The Labute approximate surface area is 101 Å². The minimum Gasteiger partial charge on any atom is -0.417 e. The largest absolute Gasteiger partial charge is 0.417 e. The fourth-order valence-electron chi connectivity index (χ4n) is 1.09. The van der Waals surface area contributed by atoms with Crippen molar-refractivity contribution in [2.24, 2.45) is 0 Å². The Kier molecular flexibility index (Phi) is 6.19. The van der Waals surface area contributed by atoms with Gasteiger partial charge in [0.05, 0.1) is 0 Å². The standard InChI is InChI=1S/C13H26O2Si/c1-12(9-10-14)8-7-11-15-16(5,6)13(2,3)4/h9-10H,7-8,11H2,1-6H3/b12-9+. The molecule has 16 heavy (non-hydrogen) atoms. The van der Waals surface area contributed by atoms with E-state index in [9.17, 15) is 4.79 Å². The molecule has 0 aliphatic carbocycles. The molecule has 0 radical (unpaired) electrons. The van der Waals surface area contributed by atoms with Gasteiger partial charge in [-0.05, 0) is 44.0 Å². The van der Waals surface area contributed by atoms with Gasteiger partial charge < -0.3 is 4.43 Å². The molecule has 0 spiro atoms. The summed E-state index contributed by atoms with van der Waals surface area (Å²) in [7, 11) is -1.58. The molecule has 0 saturated heterocycles. The molecule has 94 valence electrons. The van der Waals surface area contributed by atoms with Crippen molar-refractivity contribution in [3.8, 4) is 0 Å². The van der Waals surface area contributed by atoms with Crippen LogP contribution in [-0.2, 0) is 9.22 Å². The Bertz CT molecular complexity index is 249. The molecule has 0 aromatic rings. The summed E-state index contributed by atoms with van der Waals surface area (Å²) in [6.45, 7) is 14.1. The molecule has 2 nitrogen and oxygen atoms in total. The SMILES string of the molecule is C/C(=C\C=O)CCCO[Si](C)(C)C(C)(C)C. The van der Waals surface area contributed by atoms with E-state index in [4.69, 9.17) is 4.43 Å². The average molecular weight is 242 g/mol. The highest BCUT2D eigenvalue weighted by Crippen LogP contribution is 2.36.